The molecule has 8 rings (SSSR count). The Labute approximate surface area is 527 Å². The molecule has 0 spiro atoms. The molecule has 482 valence electrons. The molecule has 0 aliphatic heterocycles. The largest absolute Gasteiger partial charge is 0.465 e. The second kappa shape index (κ2) is 44.0. The Morgan fingerprint density at radius 1 is 0.333 bits per heavy atom. The minimum absolute atomic E-state index is 0.110. The van der Waals surface area contributed by atoms with Crippen LogP contribution < -0.4 is 40.1 Å². The summed E-state index contributed by atoms with van der Waals surface area (Å²) in [6.45, 7) is 9.38. The van der Waals surface area contributed by atoms with E-state index in [1.165, 1.54) is 33.5 Å². The summed E-state index contributed by atoms with van der Waals surface area (Å²) in [5.41, 5.74) is 46.4. The summed E-state index contributed by atoms with van der Waals surface area (Å²) in [6.07, 6.45) is 9.55. The highest BCUT2D eigenvalue weighted by atomic mass is 16.6. The third-order valence-corrected chi connectivity index (χ3v) is 12.2. The molecule has 90 heavy (non-hydrogen) atoms. The predicted molar refractivity (Wildman–Crippen MR) is 353 cm³/mol. The summed E-state index contributed by atoms with van der Waals surface area (Å²) < 4.78 is 34.1. The van der Waals surface area contributed by atoms with Crippen molar-refractivity contribution < 1.29 is 66.7 Å². The lowest BCUT2D eigenvalue weighted by atomic mass is 9.98. The fourth-order valence-electron chi connectivity index (χ4n) is 7.33. The Hall–Kier alpha value is -10.6. The molecule has 0 heterocycles. The van der Waals surface area contributed by atoms with Crippen molar-refractivity contribution in [2.45, 2.75) is 91.6 Å². The Bertz CT molecular complexity index is 3250. The quantitative estimate of drug-likeness (QED) is 0.0204. The van der Waals surface area contributed by atoms with Gasteiger partial charge >= 0.3 is 41.8 Å². The molecular weight excluding hydrogens is 1150 g/mol. The van der Waals surface area contributed by atoms with E-state index in [2.05, 4.69) is 16.4 Å². The first kappa shape index (κ1) is 75.5. The number of nitrogen functional groups attached to an aromatic ring is 7. The van der Waals surface area contributed by atoms with Gasteiger partial charge in [-0.25, -0.2) is 33.6 Å². The van der Waals surface area contributed by atoms with Crippen molar-refractivity contribution in [3.63, 3.8) is 0 Å². The van der Waals surface area contributed by atoms with E-state index in [0.717, 1.165) is 38.5 Å². The van der Waals surface area contributed by atoms with Crippen LogP contribution in [0.25, 0.3) is 0 Å². The molecule has 1 aliphatic carbocycles. The molecule has 1 fully saturated rings. The highest BCUT2D eigenvalue weighted by Gasteiger charge is 2.19. The molecule has 21 nitrogen and oxygen atoms in total. The fraction of sp³-hybridized carbons (Fsp3) is 0.290. The van der Waals surface area contributed by atoms with Crippen LogP contribution in [0.5, 0.6) is 0 Å². The van der Waals surface area contributed by atoms with Crippen molar-refractivity contribution in [1.82, 2.24) is 0 Å². The van der Waals surface area contributed by atoms with E-state index in [1.807, 2.05) is 6.92 Å². The van der Waals surface area contributed by atoms with Gasteiger partial charge in [0.1, 0.15) is 6.10 Å². The Kier molecular flexibility index (Phi) is 36.9. The lowest BCUT2D eigenvalue weighted by Crippen LogP contribution is -2.20. The number of nitrogens with two attached hydrogens (primary N) is 7. The van der Waals surface area contributed by atoms with Gasteiger partial charge in [-0.1, -0.05) is 51.3 Å². The number of rotatable bonds is 16. The highest BCUT2D eigenvalue weighted by molar-refractivity contribution is 5.93. The number of unbranched alkanes of at least 4 members (excludes halogenated alkanes) is 2. The smallest absolute Gasteiger partial charge is 0.338 e. The average Bonchev–Trinajstić information content (AvgIpc) is 3.76. The molecule has 7 aromatic carbocycles. The summed E-state index contributed by atoms with van der Waals surface area (Å²) in [5, 5.41) is 0. The van der Waals surface area contributed by atoms with Crippen LogP contribution in [0.2, 0.25) is 0 Å². The van der Waals surface area contributed by atoms with Crippen molar-refractivity contribution in [3.05, 3.63) is 209 Å². The summed E-state index contributed by atoms with van der Waals surface area (Å²) in [7, 11) is 2.68. The van der Waals surface area contributed by atoms with Crippen molar-refractivity contribution in [2.24, 2.45) is 0 Å². The zero-order valence-electron chi connectivity index (χ0n) is 52.2. The second-order valence-corrected chi connectivity index (χ2v) is 19.4. The maximum atomic E-state index is 11.8. The molecule has 14 N–H and O–H groups in total. The number of esters is 7. The zero-order chi connectivity index (χ0) is 66.6. The summed E-state index contributed by atoms with van der Waals surface area (Å²) in [4.78, 5) is 78.5. The van der Waals surface area contributed by atoms with E-state index in [1.54, 1.807) is 184 Å². The molecule has 1 aliphatic rings. The molecule has 0 unspecified atom stereocenters. The van der Waals surface area contributed by atoms with Gasteiger partial charge in [-0.15, -0.1) is 0 Å². The van der Waals surface area contributed by atoms with Crippen LogP contribution in [-0.4, -0.2) is 88.5 Å². The minimum atomic E-state index is -0.364. The fourth-order valence-corrected chi connectivity index (χ4v) is 7.33. The van der Waals surface area contributed by atoms with E-state index in [4.69, 9.17) is 63.8 Å². The van der Waals surface area contributed by atoms with Gasteiger partial charge in [0.05, 0.1) is 79.6 Å². The molecule has 0 saturated heterocycles. The van der Waals surface area contributed by atoms with Crippen molar-refractivity contribution in [3.8, 4) is 0 Å². The molecule has 7 aromatic rings. The van der Waals surface area contributed by atoms with E-state index in [9.17, 15) is 33.6 Å². The second-order valence-electron chi connectivity index (χ2n) is 19.4. The van der Waals surface area contributed by atoms with Gasteiger partial charge in [-0.05, 0) is 204 Å². The summed E-state index contributed by atoms with van der Waals surface area (Å²) in [6, 6.07) is 47.0. The number of carbonyl (C=O) groups is 7. The van der Waals surface area contributed by atoms with Crippen LogP contribution in [0.3, 0.4) is 0 Å². The molecule has 0 bridgehead atoms. The first-order valence-electron chi connectivity index (χ1n) is 29.2. The van der Waals surface area contributed by atoms with E-state index < -0.39 is 0 Å². The lowest BCUT2D eigenvalue weighted by Gasteiger charge is -2.21. The molecule has 0 amide bonds. The maximum Gasteiger partial charge on any atom is 0.338 e. The van der Waals surface area contributed by atoms with Gasteiger partial charge in [-0.2, -0.15) is 0 Å². The SMILES string of the molecule is CCCCOC(=O)c1ccc(N)cc1.CCCCOC(=O)c1cccc(N)c1.CCOC(=O)c1ccc(N)cc1.CCOC(=O)c1cccc(N)c1.COC(=O)c1ccc(N)cc1.COC(=O)c1cccc(N)c1.Nc1ccc(C(=O)OC2CCCCC2)cc1. The Balaban J connectivity index is 0.000000359. The number of hydrogen-bond acceptors (Lipinski definition) is 21. The van der Waals surface area contributed by atoms with Gasteiger partial charge < -0.3 is 73.3 Å². The van der Waals surface area contributed by atoms with E-state index in [-0.39, 0.29) is 47.9 Å². The normalized spacial score (nSPS) is 10.8. The minimum Gasteiger partial charge on any atom is -0.465 e. The highest BCUT2D eigenvalue weighted by Crippen LogP contribution is 2.22. The van der Waals surface area contributed by atoms with Gasteiger partial charge in [0.2, 0.25) is 0 Å². The molecule has 0 aromatic heterocycles. The van der Waals surface area contributed by atoms with Crippen LogP contribution in [0.15, 0.2) is 170 Å². The molecule has 0 atom stereocenters. The van der Waals surface area contributed by atoms with Gasteiger partial charge in [0, 0.05) is 39.8 Å². The van der Waals surface area contributed by atoms with Crippen molar-refractivity contribution in [2.75, 3.05) is 80.8 Å². The maximum absolute atomic E-state index is 11.8. The number of ether oxygens (including phenoxy) is 7. The number of hydrogen-bond donors (Lipinski definition) is 7. The van der Waals surface area contributed by atoms with Gasteiger partial charge in [0.25, 0.3) is 0 Å². The van der Waals surface area contributed by atoms with Crippen LogP contribution in [0.4, 0.5) is 39.8 Å². The molecule has 0 radical (unpaired) electrons. The molecule has 1 saturated carbocycles. The lowest BCUT2D eigenvalue weighted by molar-refractivity contribution is 0.0209. The van der Waals surface area contributed by atoms with Gasteiger partial charge in [-0.3, -0.25) is 0 Å². The molecular formula is C69H87N7O14. The van der Waals surface area contributed by atoms with Crippen LogP contribution in [0, 0.1) is 0 Å². The Morgan fingerprint density at radius 2 is 0.611 bits per heavy atom. The standard InChI is InChI=1S/C13H17NO2.2C11H15NO2.2C9H11NO2.2C8H9NO2/c14-11-8-6-10(7-9-11)13(15)16-12-4-2-1-3-5-12;1-2-3-8-14-11(13)9-4-6-10(12)7-5-9;1-2-3-7-14-11(13)9-5-4-6-10(12)8-9;1-2-12-9(11)7-3-5-8(10)6-4-7;1-2-12-9(11)7-4-3-5-8(10)6-7;1-11-8(10)6-2-4-7(9)5-3-6;1-11-8(10)6-3-2-4-7(9)5-6/h6-9,12H,1-5,14H2;4-7H,2-3,8,12H2,1H3;4-6,8H,2-3,7,12H2,1H3;2*3-6H,2,10H2,1H3;2*2-5H,9H2,1H3. The number of carbonyl (C=O) groups excluding carboxylic acids is 7. The topological polar surface area (TPSA) is 366 Å². The van der Waals surface area contributed by atoms with Crippen LogP contribution in [0.1, 0.15) is 158 Å². The predicted octanol–water partition coefficient (Wildman–Crippen LogP) is 12.2. The van der Waals surface area contributed by atoms with E-state index in [0.29, 0.717) is 105 Å². The van der Waals surface area contributed by atoms with E-state index >= 15 is 0 Å². The number of anilines is 7. The molecule has 21 heteroatoms. The van der Waals surface area contributed by atoms with Crippen molar-refractivity contribution >= 4 is 81.6 Å². The zero-order valence-corrected chi connectivity index (χ0v) is 52.2. The summed E-state index contributed by atoms with van der Waals surface area (Å²) >= 11 is 0. The first-order chi connectivity index (χ1) is 43.2. The van der Waals surface area contributed by atoms with Crippen molar-refractivity contribution in [1.29, 1.82) is 0 Å². The van der Waals surface area contributed by atoms with Crippen LogP contribution in [-0.2, 0) is 33.2 Å². The first-order valence-corrected chi connectivity index (χ1v) is 29.2. The Morgan fingerprint density at radius 3 is 0.922 bits per heavy atom. The third kappa shape index (κ3) is 31.7. The monoisotopic (exact) mass is 1240 g/mol. The van der Waals surface area contributed by atoms with Gasteiger partial charge in [0.15, 0.2) is 0 Å². The number of benzene rings is 7. The third-order valence-electron chi connectivity index (χ3n) is 12.2. The van der Waals surface area contributed by atoms with Crippen LogP contribution >= 0.6 is 0 Å². The average molecular weight is 1240 g/mol. The number of methoxy groups -OCH3 is 2. The summed E-state index contributed by atoms with van der Waals surface area (Å²) in [5.74, 6) is -2.15.